The van der Waals surface area contributed by atoms with Gasteiger partial charge in [0.15, 0.2) is 0 Å². The molecule has 0 unspecified atom stereocenters. The third-order valence-electron chi connectivity index (χ3n) is 4.25. The molecule has 0 spiro atoms. The van der Waals surface area contributed by atoms with E-state index in [0.29, 0.717) is 6.54 Å². The first-order valence-corrected chi connectivity index (χ1v) is 8.66. The third-order valence-corrected chi connectivity index (χ3v) is 4.25. The number of nitrogens with one attached hydrogen (secondary N) is 2. The number of likely N-dealkylation sites (N-methyl/N-ethyl adjacent to an activating group) is 1. The first kappa shape index (κ1) is 21.4. The average Bonchev–Trinajstić information content (AvgIpc) is 2.65. The molecule has 2 rings (SSSR count). The quantitative estimate of drug-likeness (QED) is 0.759. The van der Waals surface area contributed by atoms with Gasteiger partial charge in [-0.3, -0.25) is 14.5 Å². The highest BCUT2D eigenvalue weighted by Gasteiger charge is 2.33. The zero-order chi connectivity index (χ0) is 20.7. The molecule has 28 heavy (non-hydrogen) atoms. The van der Waals surface area contributed by atoms with Gasteiger partial charge in [-0.1, -0.05) is 42.5 Å². The van der Waals surface area contributed by atoms with Crippen molar-refractivity contribution in [2.75, 3.05) is 18.9 Å². The monoisotopic (exact) mass is 393 g/mol. The highest BCUT2D eigenvalue weighted by atomic mass is 19.4. The first-order chi connectivity index (χ1) is 13.2. The molecule has 150 valence electrons. The fourth-order valence-electron chi connectivity index (χ4n) is 2.53. The maximum atomic E-state index is 13.0. The molecule has 8 heteroatoms. The summed E-state index contributed by atoms with van der Waals surface area (Å²) in [4.78, 5) is 25.9. The van der Waals surface area contributed by atoms with Gasteiger partial charge in [0.05, 0.1) is 23.8 Å². The highest BCUT2D eigenvalue weighted by Crippen LogP contribution is 2.34. The standard InChI is InChI=1S/C20H22F3N3O2/c1-14(19(28)24-12-15-8-4-3-5-9-15)26(2)13-18(27)25-17-11-7-6-10-16(17)20(21,22)23/h3-11,14H,12-13H2,1-2H3,(H,24,28)(H,25,27)/t14-/m0/s1. The Kier molecular flexibility index (Phi) is 7.17. The Morgan fingerprint density at radius 2 is 1.64 bits per heavy atom. The molecule has 0 aromatic heterocycles. The van der Waals surface area contributed by atoms with E-state index >= 15 is 0 Å². The molecule has 2 aromatic carbocycles. The van der Waals surface area contributed by atoms with Crippen LogP contribution in [0.15, 0.2) is 54.6 Å². The number of halogens is 3. The number of carbonyl (C=O) groups is 2. The summed E-state index contributed by atoms with van der Waals surface area (Å²) in [6.07, 6.45) is -4.57. The van der Waals surface area contributed by atoms with Gasteiger partial charge in [0.25, 0.3) is 0 Å². The Balaban J connectivity index is 1.90. The summed E-state index contributed by atoms with van der Waals surface area (Å²) in [6, 6.07) is 13.5. The molecule has 2 N–H and O–H groups in total. The highest BCUT2D eigenvalue weighted by molar-refractivity contribution is 5.93. The normalized spacial score (nSPS) is 12.5. The van der Waals surface area contributed by atoms with Crippen molar-refractivity contribution in [1.29, 1.82) is 0 Å². The van der Waals surface area contributed by atoms with Gasteiger partial charge in [0, 0.05) is 6.54 Å². The van der Waals surface area contributed by atoms with Gasteiger partial charge in [-0.15, -0.1) is 0 Å². The molecule has 2 amide bonds. The van der Waals surface area contributed by atoms with E-state index in [4.69, 9.17) is 0 Å². The van der Waals surface area contributed by atoms with Crippen molar-refractivity contribution in [2.24, 2.45) is 0 Å². The van der Waals surface area contributed by atoms with Crippen molar-refractivity contribution >= 4 is 17.5 Å². The van der Waals surface area contributed by atoms with Crippen molar-refractivity contribution < 1.29 is 22.8 Å². The van der Waals surface area contributed by atoms with Gasteiger partial charge in [-0.2, -0.15) is 13.2 Å². The van der Waals surface area contributed by atoms with Crippen LogP contribution in [0, 0.1) is 0 Å². The Hall–Kier alpha value is -2.87. The van der Waals surface area contributed by atoms with Crippen LogP contribution >= 0.6 is 0 Å². The molecular formula is C20H22F3N3O2. The number of hydrogen-bond donors (Lipinski definition) is 2. The van der Waals surface area contributed by atoms with Gasteiger partial charge >= 0.3 is 6.18 Å². The van der Waals surface area contributed by atoms with Gasteiger partial charge in [-0.05, 0) is 31.7 Å². The van der Waals surface area contributed by atoms with Crippen LogP contribution in [-0.2, 0) is 22.3 Å². The van der Waals surface area contributed by atoms with Gasteiger partial charge in [0.2, 0.25) is 11.8 Å². The largest absolute Gasteiger partial charge is 0.418 e. The number of benzene rings is 2. The number of anilines is 1. The van der Waals surface area contributed by atoms with E-state index in [1.807, 2.05) is 30.3 Å². The van der Waals surface area contributed by atoms with Crippen LogP contribution in [0.3, 0.4) is 0 Å². The lowest BCUT2D eigenvalue weighted by Crippen LogP contribution is -2.45. The maximum absolute atomic E-state index is 13.0. The number of carbonyl (C=O) groups excluding carboxylic acids is 2. The second-order valence-corrected chi connectivity index (χ2v) is 6.39. The lowest BCUT2D eigenvalue weighted by molar-refractivity contribution is -0.137. The number of para-hydroxylation sites is 1. The number of alkyl halides is 3. The topological polar surface area (TPSA) is 61.4 Å². The molecule has 0 saturated carbocycles. The summed E-state index contributed by atoms with van der Waals surface area (Å²) >= 11 is 0. The number of nitrogens with zero attached hydrogens (tertiary/aromatic N) is 1. The van der Waals surface area contributed by atoms with Crippen LogP contribution in [0.1, 0.15) is 18.1 Å². The predicted molar refractivity (Wildman–Crippen MR) is 100 cm³/mol. The number of rotatable bonds is 7. The molecule has 0 fully saturated rings. The Morgan fingerprint density at radius 3 is 2.29 bits per heavy atom. The van der Waals surface area contributed by atoms with Gasteiger partial charge in [-0.25, -0.2) is 0 Å². The molecule has 1 atom stereocenters. The first-order valence-electron chi connectivity index (χ1n) is 8.66. The van der Waals surface area contributed by atoms with E-state index in [-0.39, 0.29) is 18.1 Å². The molecule has 0 bridgehead atoms. The van der Waals surface area contributed by atoms with E-state index < -0.39 is 23.7 Å². The summed E-state index contributed by atoms with van der Waals surface area (Å²) in [5, 5.41) is 5.04. The number of amides is 2. The van der Waals surface area contributed by atoms with Crippen LogP contribution in [-0.4, -0.2) is 36.3 Å². The van der Waals surface area contributed by atoms with Crippen molar-refractivity contribution in [3.8, 4) is 0 Å². The van der Waals surface area contributed by atoms with Crippen molar-refractivity contribution in [1.82, 2.24) is 10.2 Å². The molecule has 2 aromatic rings. The average molecular weight is 393 g/mol. The van der Waals surface area contributed by atoms with Crippen molar-refractivity contribution in [3.63, 3.8) is 0 Å². The zero-order valence-corrected chi connectivity index (χ0v) is 15.6. The fraction of sp³-hybridized carbons (Fsp3) is 0.300. The smallest absolute Gasteiger partial charge is 0.351 e. The second kappa shape index (κ2) is 9.36. The molecule has 0 heterocycles. The van der Waals surface area contributed by atoms with E-state index in [9.17, 15) is 22.8 Å². The van der Waals surface area contributed by atoms with Crippen LogP contribution in [0.4, 0.5) is 18.9 Å². The summed E-state index contributed by atoms with van der Waals surface area (Å²) in [7, 11) is 1.56. The SMILES string of the molecule is C[C@@H](C(=O)NCc1ccccc1)N(C)CC(=O)Nc1ccccc1C(F)(F)F. The molecule has 0 aliphatic rings. The van der Waals surface area contributed by atoms with Crippen LogP contribution in [0.25, 0.3) is 0 Å². The Labute approximate surface area is 161 Å². The molecule has 0 aliphatic carbocycles. The van der Waals surface area contributed by atoms with Crippen molar-refractivity contribution in [3.05, 3.63) is 65.7 Å². The molecule has 0 saturated heterocycles. The Bertz CT molecular complexity index is 810. The van der Waals surface area contributed by atoms with E-state index in [1.165, 1.54) is 23.1 Å². The van der Waals surface area contributed by atoms with Gasteiger partial charge < -0.3 is 10.6 Å². The summed E-state index contributed by atoms with van der Waals surface area (Å²) in [5.41, 5.74) is -0.290. The lowest BCUT2D eigenvalue weighted by atomic mass is 10.1. The van der Waals surface area contributed by atoms with E-state index in [0.717, 1.165) is 11.6 Å². The lowest BCUT2D eigenvalue weighted by Gasteiger charge is -2.23. The summed E-state index contributed by atoms with van der Waals surface area (Å²) in [6.45, 7) is 1.74. The molecule has 0 aliphatic heterocycles. The van der Waals surface area contributed by atoms with Crippen molar-refractivity contribution in [2.45, 2.75) is 25.7 Å². The summed E-state index contributed by atoms with van der Waals surface area (Å²) in [5.74, 6) is -0.920. The second-order valence-electron chi connectivity index (χ2n) is 6.39. The Morgan fingerprint density at radius 1 is 1.04 bits per heavy atom. The van der Waals surface area contributed by atoms with Gasteiger partial charge in [0.1, 0.15) is 0 Å². The van der Waals surface area contributed by atoms with E-state index in [1.54, 1.807) is 14.0 Å². The van der Waals surface area contributed by atoms with E-state index in [2.05, 4.69) is 10.6 Å². The molecule has 5 nitrogen and oxygen atoms in total. The maximum Gasteiger partial charge on any atom is 0.418 e. The molecular weight excluding hydrogens is 371 g/mol. The van der Waals surface area contributed by atoms with Crippen LogP contribution < -0.4 is 10.6 Å². The minimum absolute atomic E-state index is 0.230. The summed E-state index contributed by atoms with van der Waals surface area (Å²) < 4.78 is 39.0. The third kappa shape index (κ3) is 6.09. The fourth-order valence-corrected chi connectivity index (χ4v) is 2.53. The minimum Gasteiger partial charge on any atom is -0.351 e. The predicted octanol–water partition coefficient (Wildman–Crippen LogP) is 3.28. The molecule has 0 radical (unpaired) electrons. The van der Waals surface area contributed by atoms with Crippen LogP contribution in [0.2, 0.25) is 0 Å². The number of hydrogen-bond acceptors (Lipinski definition) is 3. The zero-order valence-electron chi connectivity index (χ0n) is 15.6. The minimum atomic E-state index is -4.57. The van der Waals surface area contributed by atoms with Crippen LogP contribution in [0.5, 0.6) is 0 Å².